The van der Waals surface area contributed by atoms with Crippen LogP contribution < -0.4 is 0 Å². The number of fused-ring (bicyclic) bond motifs is 2. The number of rotatable bonds is 6. The van der Waals surface area contributed by atoms with Crippen LogP contribution in [0, 0.1) is 11.6 Å². The number of carbonyl (C=O) groups is 1. The first-order chi connectivity index (χ1) is 15.0. The molecule has 0 radical (unpaired) electrons. The lowest BCUT2D eigenvalue weighted by Crippen LogP contribution is -2.51. The van der Waals surface area contributed by atoms with Gasteiger partial charge in [-0.15, -0.1) is 0 Å². The SMILES string of the molecule is O=C1CCC2(CC3CCC(C2)N3CCOC(c2ccc(F)cc2)c2ccc(F)cc2)O1. The molecule has 0 aromatic heterocycles. The Hall–Kier alpha value is -2.31. The van der Waals surface area contributed by atoms with E-state index >= 15 is 0 Å². The Morgan fingerprint density at radius 2 is 1.52 bits per heavy atom. The van der Waals surface area contributed by atoms with Crippen molar-refractivity contribution in [2.24, 2.45) is 0 Å². The molecule has 3 aliphatic rings. The Labute approximate surface area is 181 Å². The average molecular weight is 427 g/mol. The highest BCUT2D eigenvalue weighted by molar-refractivity contribution is 5.72. The number of halogens is 2. The van der Waals surface area contributed by atoms with Gasteiger partial charge in [0.1, 0.15) is 23.3 Å². The van der Waals surface area contributed by atoms with Crippen molar-refractivity contribution in [2.75, 3.05) is 13.2 Å². The number of piperidine rings is 1. The van der Waals surface area contributed by atoms with Crippen LogP contribution in [0.4, 0.5) is 8.78 Å². The molecule has 164 valence electrons. The normalized spacial score (nSPS) is 27.9. The Morgan fingerprint density at radius 1 is 0.968 bits per heavy atom. The zero-order valence-corrected chi connectivity index (χ0v) is 17.4. The third-order valence-corrected chi connectivity index (χ3v) is 7.08. The Balaban J connectivity index is 1.25. The van der Waals surface area contributed by atoms with Crippen molar-refractivity contribution >= 4 is 5.97 Å². The zero-order valence-electron chi connectivity index (χ0n) is 17.4. The molecular formula is C25H27F2NO3. The number of hydrogen-bond donors (Lipinski definition) is 0. The second-order valence-electron chi connectivity index (χ2n) is 9.04. The summed E-state index contributed by atoms with van der Waals surface area (Å²) in [4.78, 5) is 14.2. The highest BCUT2D eigenvalue weighted by Gasteiger charge is 2.52. The van der Waals surface area contributed by atoms with E-state index in [2.05, 4.69) is 4.90 Å². The van der Waals surface area contributed by atoms with Gasteiger partial charge in [-0.25, -0.2) is 8.78 Å². The summed E-state index contributed by atoms with van der Waals surface area (Å²) in [5, 5.41) is 0. The van der Waals surface area contributed by atoms with Gasteiger partial charge in [0.15, 0.2) is 0 Å². The maximum Gasteiger partial charge on any atom is 0.306 e. The van der Waals surface area contributed by atoms with Gasteiger partial charge in [0, 0.05) is 37.9 Å². The van der Waals surface area contributed by atoms with Gasteiger partial charge in [-0.3, -0.25) is 9.69 Å². The van der Waals surface area contributed by atoms with Crippen LogP contribution in [0.25, 0.3) is 0 Å². The maximum absolute atomic E-state index is 13.4. The third kappa shape index (κ3) is 4.23. The van der Waals surface area contributed by atoms with E-state index < -0.39 is 0 Å². The topological polar surface area (TPSA) is 38.8 Å². The number of hydrogen-bond acceptors (Lipinski definition) is 4. The van der Waals surface area contributed by atoms with E-state index in [1.54, 1.807) is 24.3 Å². The lowest BCUT2D eigenvalue weighted by molar-refractivity contribution is -0.154. The fourth-order valence-corrected chi connectivity index (χ4v) is 5.66. The molecule has 0 aliphatic carbocycles. The van der Waals surface area contributed by atoms with Crippen molar-refractivity contribution in [2.45, 2.75) is 62.3 Å². The summed E-state index contributed by atoms with van der Waals surface area (Å²) in [7, 11) is 0. The molecular weight excluding hydrogens is 400 g/mol. The average Bonchev–Trinajstić information content (AvgIpc) is 3.23. The Bertz CT molecular complexity index is 871. The Morgan fingerprint density at radius 3 is 2.00 bits per heavy atom. The number of ether oxygens (including phenoxy) is 2. The van der Waals surface area contributed by atoms with Gasteiger partial charge in [-0.2, -0.15) is 0 Å². The standard InChI is InChI=1S/C25H27F2NO3/c26-19-5-1-17(2-6-19)24(18-3-7-20(27)8-4-18)30-14-13-28-21-9-10-22(28)16-25(15-21)12-11-23(29)31-25/h1-8,21-22,24H,9-16H2. The molecule has 2 atom stereocenters. The summed E-state index contributed by atoms with van der Waals surface area (Å²) in [6, 6.07) is 13.4. The summed E-state index contributed by atoms with van der Waals surface area (Å²) in [5.41, 5.74) is 1.43. The third-order valence-electron chi connectivity index (χ3n) is 7.08. The summed E-state index contributed by atoms with van der Waals surface area (Å²) in [5.74, 6) is -0.654. The molecule has 3 aliphatic heterocycles. The van der Waals surface area contributed by atoms with E-state index in [-0.39, 0.29) is 29.3 Å². The van der Waals surface area contributed by atoms with Gasteiger partial charge in [0.25, 0.3) is 0 Å². The molecule has 3 saturated heterocycles. The van der Waals surface area contributed by atoms with E-state index in [9.17, 15) is 13.6 Å². The van der Waals surface area contributed by atoms with Crippen molar-refractivity contribution < 1.29 is 23.0 Å². The first-order valence-corrected chi connectivity index (χ1v) is 11.1. The predicted octanol–water partition coefficient (Wildman–Crippen LogP) is 4.77. The van der Waals surface area contributed by atoms with E-state index in [1.165, 1.54) is 24.3 Å². The van der Waals surface area contributed by atoms with Gasteiger partial charge in [0.2, 0.25) is 0 Å². The van der Waals surface area contributed by atoms with Gasteiger partial charge in [-0.05, 0) is 54.7 Å². The van der Waals surface area contributed by atoms with Crippen molar-refractivity contribution in [1.29, 1.82) is 0 Å². The number of benzene rings is 2. The minimum atomic E-state index is -0.384. The molecule has 2 aromatic rings. The summed E-state index contributed by atoms with van der Waals surface area (Å²) in [6.45, 7) is 1.30. The first kappa shape index (κ1) is 20.6. The zero-order chi connectivity index (χ0) is 21.4. The fourth-order valence-electron chi connectivity index (χ4n) is 5.66. The van der Waals surface area contributed by atoms with E-state index in [4.69, 9.17) is 9.47 Å². The highest BCUT2D eigenvalue weighted by Crippen LogP contribution is 2.47. The summed E-state index contributed by atoms with van der Waals surface area (Å²) >= 11 is 0. The molecule has 4 nitrogen and oxygen atoms in total. The van der Waals surface area contributed by atoms with Gasteiger partial charge < -0.3 is 9.47 Å². The molecule has 31 heavy (non-hydrogen) atoms. The second-order valence-corrected chi connectivity index (χ2v) is 9.04. The van der Waals surface area contributed by atoms with Crippen molar-refractivity contribution in [1.82, 2.24) is 4.90 Å². The minimum absolute atomic E-state index is 0.0578. The molecule has 2 aromatic carbocycles. The van der Waals surface area contributed by atoms with Crippen LogP contribution in [0.1, 0.15) is 55.8 Å². The van der Waals surface area contributed by atoms with Crippen molar-refractivity contribution in [3.05, 3.63) is 71.3 Å². The highest BCUT2D eigenvalue weighted by atomic mass is 19.1. The maximum atomic E-state index is 13.4. The van der Waals surface area contributed by atoms with Crippen LogP contribution in [0.3, 0.4) is 0 Å². The molecule has 3 fully saturated rings. The van der Waals surface area contributed by atoms with Crippen LogP contribution in [-0.4, -0.2) is 41.7 Å². The van der Waals surface area contributed by atoms with Crippen molar-refractivity contribution in [3.63, 3.8) is 0 Å². The molecule has 0 amide bonds. The first-order valence-electron chi connectivity index (χ1n) is 11.1. The van der Waals surface area contributed by atoms with Crippen molar-refractivity contribution in [3.8, 4) is 0 Å². The number of nitrogens with zero attached hydrogens (tertiary/aromatic N) is 1. The van der Waals surface area contributed by atoms with Crippen LogP contribution in [-0.2, 0) is 14.3 Å². The molecule has 2 bridgehead atoms. The molecule has 3 heterocycles. The monoisotopic (exact) mass is 427 g/mol. The summed E-state index contributed by atoms with van der Waals surface area (Å²) < 4.78 is 38.9. The van der Waals surface area contributed by atoms with Gasteiger partial charge in [-0.1, -0.05) is 24.3 Å². The number of carbonyl (C=O) groups excluding carboxylic acids is 1. The number of esters is 1. The predicted molar refractivity (Wildman–Crippen MR) is 111 cm³/mol. The van der Waals surface area contributed by atoms with Gasteiger partial charge in [0.05, 0.1) is 6.61 Å². The van der Waals surface area contributed by atoms with Crippen LogP contribution >= 0.6 is 0 Å². The minimum Gasteiger partial charge on any atom is -0.459 e. The van der Waals surface area contributed by atoms with Gasteiger partial charge >= 0.3 is 5.97 Å². The molecule has 6 heteroatoms. The smallest absolute Gasteiger partial charge is 0.306 e. The van der Waals surface area contributed by atoms with Crippen LogP contribution in [0.5, 0.6) is 0 Å². The van der Waals surface area contributed by atoms with Crippen LogP contribution in [0.15, 0.2) is 48.5 Å². The van der Waals surface area contributed by atoms with E-state index in [1.807, 2.05) is 0 Å². The van der Waals surface area contributed by atoms with Crippen LogP contribution in [0.2, 0.25) is 0 Å². The molecule has 1 spiro atoms. The molecule has 0 saturated carbocycles. The summed E-state index contributed by atoms with van der Waals surface area (Å²) in [6.07, 6.45) is 5.08. The molecule has 5 rings (SSSR count). The lowest BCUT2D eigenvalue weighted by atomic mass is 9.84. The van der Waals surface area contributed by atoms with E-state index in [0.29, 0.717) is 25.1 Å². The lowest BCUT2D eigenvalue weighted by Gasteiger charge is -2.43. The fraction of sp³-hybridized carbons (Fsp3) is 0.480. The molecule has 2 unspecified atom stereocenters. The largest absolute Gasteiger partial charge is 0.459 e. The Kier molecular flexibility index (Phi) is 5.52. The van der Waals surface area contributed by atoms with E-state index in [0.717, 1.165) is 49.8 Å². The molecule has 0 N–H and O–H groups in total. The quantitative estimate of drug-likeness (QED) is 0.623. The second kappa shape index (κ2) is 8.32.